The van der Waals surface area contributed by atoms with Gasteiger partial charge in [-0.2, -0.15) is 0 Å². The first-order valence-electron chi connectivity index (χ1n) is 11.7. The van der Waals surface area contributed by atoms with Crippen LogP contribution >= 0.6 is 0 Å². The SMILES string of the molecule is O=C(COc1ccccc1)Nc1c(C(=O)N2CCN(Cc3ccccc3)CC2)oc2ccccc12. The molecule has 0 unspecified atom stereocenters. The Balaban J connectivity index is 1.27. The summed E-state index contributed by atoms with van der Waals surface area (Å²) in [7, 11) is 0. The summed E-state index contributed by atoms with van der Waals surface area (Å²) in [5.74, 6) is 0.169. The number of amides is 2. The number of nitrogens with zero attached hydrogens (tertiary/aromatic N) is 2. The molecule has 0 radical (unpaired) electrons. The molecule has 1 saturated heterocycles. The molecule has 7 heteroatoms. The lowest BCUT2D eigenvalue weighted by Crippen LogP contribution is -2.48. The van der Waals surface area contributed by atoms with E-state index in [0.717, 1.165) is 19.6 Å². The normalized spacial score (nSPS) is 14.1. The summed E-state index contributed by atoms with van der Waals surface area (Å²) in [5.41, 5.74) is 2.20. The van der Waals surface area contributed by atoms with E-state index >= 15 is 0 Å². The summed E-state index contributed by atoms with van der Waals surface area (Å²) in [4.78, 5) is 30.3. The van der Waals surface area contributed by atoms with Gasteiger partial charge in [-0.25, -0.2) is 0 Å². The Morgan fingerprint density at radius 2 is 1.49 bits per heavy atom. The second-order valence-electron chi connectivity index (χ2n) is 8.51. The van der Waals surface area contributed by atoms with Crippen LogP contribution in [0.3, 0.4) is 0 Å². The fourth-order valence-corrected chi connectivity index (χ4v) is 4.26. The third-order valence-corrected chi connectivity index (χ3v) is 6.08. The number of rotatable bonds is 7. The van der Waals surface area contributed by atoms with Crippen molar-refractivity contribution >= 4 is 28.5 Å². The maximum atomic E-state index is 13.4. The lowest BCUT2D eigenvalue weighted by Gasteiger charge is -2.34. The van der Waals surface area contributed by atoms with Crippen molar-refractivity contribution in [3.8, 4) is 5.75 Å². The number of benzene rings is 3. The van der Waals surface area contributed by atoms with Crippen LogP contribution in [0.15, 0.2) is 89.3 Å². The van der Waals surface area contributed by atoms with Crippen molar-refractivity contribution < 1.29 is 18.7 Å². The van der Waals surface area contributed by atoms with Crippen molar-refractivity contribution in [2.24, 2.45) is 0 Å². The van der Waals surface area contributed by atoms with Gasteiger partial charge in [0.25, 0.3) is 11.8 Å². The first-order chi connectivity index (χ1) is 17.2. The molecule has 0 bridgehead atoms. The number of carbonyl (C=O) groups excluding carboxylic acids is 2. The van der Waals surface area contributed by atoms with Gasteiger partial charge in [0.05, 0.1) is 0 Å². The first-order valence-corrected chi connectivity index (χ1v) is 11.7. The van der Waals surface area contributed by atoms with Crippen LogP contribution in [0, 0.1) is 0 Å². The Morgan fingerprint density at radius 3 is 2.23 bits per heavy atom. The van der Waals surface area contributed by atoms with Crippen molar-refractivity contribution in [1.82, 2.24) is 9.80 Å². The lowest BCUT2D eigenvalue weighted by atomic mass is 10.2. The largest absolute Gasteiger partial charge is 0.484 e. The van der Waals surface area contributed by atoms with E-state index in [2.05, 4.69) is 22.3 Å². The molecule has 2 amide bonds. The molecule has 0 atom stereocenters. The lowest BCUT2D eigenvalue weighted by molar-refractivity contribution is -0.118. The van der Waals surface area contributed by atoms with Gasteiger partial charge in [-0.15, -0.1) is 0 Å². The number of anilines is 1. The molecule has 1 aromatic heterocycles. The van der Waals surface area contributed by atoms with E-state index in [-0.39, 0.29) is 24.2 Å². The topological polar surface area (TPSA) is 75.0 Å². The van der Waals surface area contributed by atoms with Gasteiger partial charge in [0.2, 0.25) is 5.76 Å². The quantitative estimate of drug-likeness (QED) is 0.434. The van der Waals surface area contributed by atoms with Crippen LogP contribution < -0.4 is 10.1 Å². The number of para-hydroxylation sites is 2. The summed E-state index contributed by atoms with van der Waals surface area (Å²) < 4.78 is 11.5. The van der Waals surface area contributed by atoms with E-state index in [4.69, 9.17) is 9.15 Å². The Kier molecular flexibility index (Phi) is 6.77. The van der Waals surface area contributed by atoms with E-state index < -0.39 is 0 Å². The van der Waals surface area contributed by atoms with Gasteiger partial charge in [-0.1, -0.05) is 60.7 Å². The molecule has 3 aromatic carbocycles. The second kappa shape index (κ2) is 10.4. The van der Waals surface area contributed by atoms with Gasteiger partial charge in [0.15, 0.2) is 6.61 Å². The molecule has 0 aliphatic carbocycles. The monoisotopic (exact) mass is 469 g/mol. The van der Waals surface area contributed by atoms with Crippen LogP contribution in [-0.2, 0) is 11.3 Å². The molecule has 178 valence electrons. The van der Waals surface area contributed by atoms with E-state index in [1.54, 1.807) is 23.1 Å². The molecule has 5 rings (SSSR count). The van der Waals surface area contributed by atoms with Crippen LogP contribution in [0.4, 0.5) is 5.69 Å². The smallest absolute Gasteiger partial charge is 0.291 e. The first kappa shape index (κ1) is 22.7. The zero-order valence-corrected chi connectivity index (χ0v) is 19.4. The predicted octanol–water partition coefficient (Wildman–Crippen LogP) is 4.41. The number of carbonyl (C=O) groups is 2. The number of nitrogens with one attached hydrogen (secondary N) is 1. The molecule has 0 spiro atoms. The van der Waals surface area contributed by atoms with Crippen LogP contribution in [0.25, 0.3) is 11.0 Å². The molecule has 4 aromatic rings. The van der Waals surface area contributed by atoms with Crippen molar-refractivity contribution in [1.29, 1.82) is 0 Å². The van der Waals surface area contributed by atoms with Crippen LogP contribution in [0.1, 0.15) is 16.1 Å². The second-order valence-corrected chi connectivity index (χ2v) is 8.51. The number of piperazine rings is 1. The van der Waals surface area contributed by atoms with Gasteiger partial charge in [0.1, 0.15) is 17.0 Å². The molecule has 35 heavy (non-hydrogen) atoms. The highest BCUT2D eigenvalue weighted by Gasteiger charge is 2.29. The van der Waals surface area contributed by atoms with Crippen LogP contribution in [-0.4, -0.2) is 54.4 Å². The van der Waals surface area contributed by atoms with Crippen molar-refractivity contribution in [3.05, 3.63) is 96.3 Å². The minimum absolute atomic E-state index is 0.149. The summed E-state index contributed by atoms with van der Waals surface area (Å²) in [6, 6.07) is 26.8. The fraction of sp³-hybridized carbons (Fsp3) is 0.214. The molecule has 1 aliphatic rings. The van der Waals surface area contributed by atoms with Gasteiger partial charge in [0, 0.05) is 38.1 Å². The van der Waals surface area contributed by atoms with Gasteiger partial charge >= 0.3 is 0 Å². The number of hydrogen-bond donors (Lipinski definition) is 1. The fourth-order valence-electron chi connectivity index (χ4n) is 4.26. The Hall–Kier alpha value is -4.10. The van der Waals surface area contributed by atoms with Crippen molar-refractivity contribution in [3.63, 3.8) is 0 Å². The third kappa shape index (κ3) is 5.36. The Morgan fingerprint density at radius 1 is 0.829 bits per heavy atom. The van der Waals surface area contributed by atoms with E-state index in [0.29, 0.717) is 35.5 Å². The summed E-state index contributed by atoms with van der Waals surface area (Å²) in [6.45, 7) is 3.41. The summed E-state index contributed by atoms with van der Waals surface area (Å²) in [6.07, 6.45) is 0. The highest BCUT2D eigenvalue weighted by molar-refractivity contribution is 6.11. The third-order valence-electron chi connectivity index (χ3n) is 6.08. The maximum Gasteiger partial charge on any atom is 0.291 e. The summed E-state index contributed by atoms with van der Waals surface area (Å²) >= 11 is 0. The molecule has 2 heterocycles. The highest BCUT2D eigenvalue weighted by Crippen LogP contribution is 2.32. The maximum absolute atomic E-state index is 13.4. The van der Waals surface area contributed by atoms with Crippen LogP contribution in [0.5, 0.6) is 5.75 Å². The molecule has 1 fully saturated rings. The average Bonchev–Trinajstić information content (AvgIpc) is 3.27. The van der Waals surface area contributed by atoms with E-state index in [1.165, 1.54) is 5.56 Å². The number of furan rings is 1. The molecule has 1 N–H and O–H groups in total. The van der Waals surface area contributed by atoms with E-state index in [1.807, 2.05) is 54.6 Å². The number of ether oxygens (including phenoxy) is 1. The molecule has 1 aliphatic heterocycles. The van der Waals surface area contributed by atoms with Gasteiger partial charge < -0.3 is 19.4 Å². The Bertz CT molecular complexity index is 1300. The molecule has 7 nitrogen and oxygen atoms in total. The van der Waals surface area contributed by atoms with Crippen molar-refractivity contribution in [2.45, 2.75) is 6.54 Å². The molecule has 0 saturated carbocycles. The number of hydrogen-bond acceptors (Lipinski definition) is 5. The van der Waals surface area contributed by atoms with E-state index in [9.17, 15) is 9.59 Å². The van der Waals surface area contributed by atoms with Crippen molar-refractivity contribution in [2.75, 3.05) is 38.1 Å². The zero-order valence-electron chi connectivity index (χ0n) is 19.4. The minimum atomic E-state index is -0.359. The zero-order chi connectivity index (χ0) is 24.0. The highest BCUT2D eigenvalue weighted by atomic mass is 16.5. The molecular weight excluding hydrogens is 442 g/mol. The average molecular weight is 470 g/mol. The minimum Gasteiger partial charge on any atom is -0.484 e. The van der Waals surface area contributed by atoms with Gasteiger partial charge in [-0.3, -0.25) is 14.5 Å². The Labute approximate surface area is 203 Å². The van der Waals surface area contributed by atoms with Gasteiger partial charge in [-0.05, 0) is 29.8 Å². The predicted molar refractivity (Wildman–Crippen MR) is 134 cm³/mol. The van der Waals surface area contributed by atoms with Crippen LogP contribution in [0.2, 0.25) is 0 Å². The molecular formula is C28H27N3O4. The standard InChI is InChI=1S/C28H27N3O4/c32-25(20-34-22-11-5-2-6-12-22)29-26-23-13-7-8-14-24(23)35-27(26)28(33)31-17-15-30(16-18-31)19-21-9-3-1-4-10-21/h1-14H,15-20H2,(H,29,32). The summed E-state index contributed by atoms with van der Waals surface area (Å²) in [5, 5.41) is 3.54. The number of fused-ring (bicyclic) bond motifs is 1.